The van der Waals surface area contributed by atoms with Crippen molar-refractivity contribution in [1.29, 1.82) is 0 Å². The van der Waals surface area contributed by atoms with Gasteiger partial charge in [0.25, 0.3) is 0 Å². The van der Waals surface area contributed by atoms with Crippen molar-refractivity contribution in [3.8, 4) is 0 Å². The van der Waals surface area contributed by atoms with Crippen LogP contribution in [0.2, 0.25) is 0 Å². The topological polar surface area (TPSA) is 48.6 Å². The van der Waals surface area contributed by atoms with Gasteiger partial charge in [-0.1, -0.05) is 6.92 Å². The SMILES string of the molecule is C[C@@H]1CN(Cc2cc[nH]c2)C[C@H]1C(=O)N1CCOCC1. The summed E-state index contributed by atoms with van der Waals surface area (Å²) < 4.78 is 5.32. The van der Waals surface area contributed by atoms with Crippen molar-refractivity contribution in [3.05, 3.63) is 24.0 Å². The smallest absolute Gasteiger partial charge is 0.227 e. The molecule has 0 bridgehead atoms. The molecule has 0 unspecified atom stereocenters. The van der Waals surface area contributed by atoms with Crippen LogP contribution in [0.4, 0.5) is 0 Å². The zero-order valence-electron chi connectivity index (χ0n) is 12.0. The van der Waals surface area contributed by atoms with Crippen LogP contribution in [-0.2, 0) is 16.1 Å². The fourth-order valence-corrected chi connectivity index (χ4v) is 3.25. The lowest BCUT2D eigenvalue weighted by molar-refractivity contribution is -0.140. The maximum atomic E-state index is 12.6. The number of hydrogen-bond donors (Lipinski definition) is 1. The minimum absolute atomic E-state index is 0.145. The van der Waals surface area contributed by atoms with Crippen LogP contribution in [0.15, 0.2) is 18.5 Å². The monoisotopic (exact) mass is 277 g/mol. The average Bonchev–Trinajstić information content (AvgIpc) is 3.09. The Balaban J connectivity index is 1.58. The van der Waals surface area contributed by atoms with E-state index < -0.39 is 0 Å². The highest BCUT2D eigenvalue weighted by Crippen LogP contribution is 2.26. The molecule has 3 heterocycles. The predicted octanol–water partition coefficient (Wildman–Crippen LogP) is 0.941. The molecular formula is C15H23N3O2. The molecule has 1 aromatic heterocycles. The van der Waals surface area contributed by atoms with Gasteiger partial charge in [-0.3, -0.25) is 9.69 Å². The van der Waals surface area contributed by atoms with Crippen LogP contribution in [0, 0.1) is 11.8 Å². The number of aromatic amines is 1. The van der Waals surface area contributed by atoms with Crippen molar-refractivity contribution in [1.82, 2.24) is 14.8 Å². The van der Waals surface area contributed by atoms with Crippen LogP contribution in [0.3, 0.4) is 0 Å². The molecule has 1 aromatic rings. The lowest BCUT2D eigenvalue weighted by atomic mass is 9.96. The number of hydrogen-bond acceptors (Lipinski definition) is 3. The van der Waals surface area contributed by atoms with Crippen LogP contribution >= 0.6 is 0 Å². The van der Waals surface area contributed by atoms with E-state index in [-0.39, 0.29) is 5.92 Å². The maximum absolute atomic E-state index is 12.6. The van der Waals surface area contributed by atoms with Gasteiger partial charge in [0.2, 0.25) is 5.91 Å². The van der Waals surface area contributed by atoms with Crippen molar-refractivity contribution in [2.45, 2.75) is 13.5 Å². The summed E-state index contributed by atoms with van der Waals surface area (Å²) in [5, 5.41) is 0. The van der Waals surface area contributed by atoms with Crippen LogP contribution in [0.5, 0.6) is 0 Å². The van der Waals surface area contributed by atoms with E-state index in [1.54, 1.807) is 0 Å². The van der Waals surface area contributed by atoms with Gasteiger partial charge in [0.15, 0.2) is 0 Å². The number of rotatable bonds is 3. The van der Waals surface area contributed by atoms with E-state index in [1.165, 1.54) is 5.56 Å². The van der Waals surface area contributed by atoms with E-state index in [0.717, 1.165) is 32.7 Å². The highest BCUT2D eigenvalue weighted by atomic mass is 16.5. The molecule has 0 aliphatic carbocycles. The zero-order valence-corrected chi connectivity index (χ0v) is 12.0. The quantitative estimate of drug-likeness (QED) is 0.894. The fourth-order valence-electron chi connectivity index (χ4n) is 3.25. The Morgan fingerprint density at radius 3 is 2.90 bits per heavy atom. The number of ether oxygens (including phenoxy) is 1. The molecule has 0 saturated carbocycles. The minimum Gasteiger partial charge on any atom is -0.378 e. The molecule has 2 aliphatic heterocycles. The van der Waals surface area contributed by atoms with E-state index in [0.29, 0.717) is 25.0 Å². The molecule has 110 valence electrons. The van der Waals surface area contributed by atoms with E-state index in [9.17, 15) is 4.79 Å². The first-order chi connectivity index (χ1) is 9.74. The Bertz CT molecular complexity index is 440. The molecule has 2 aliphatic rings. The molecule has 2 fully saturated rings. The highest BCUT2D eigenvalue weighted by Gasteiger charge is 2.37. The fraction of sp³-hybridized carbons (Fsp3) is 0.667. The number of carbonyl (C=O) groups is 1. The summed E-state index contributed by atoms with van der Waals surface area (Å²) in [7, 11) is 0. The minimum atomic E-state index is 0.145. The van der Waals surface area contributed by atoms with Gasteiger partial charge in [-0.2, -0.15) is 0 Å². The van der Waals surface area contributed by atoms with E-state index in [1.807, 2.05) is 17.3 Å². The zero-order chi connectivity index (χ0) is 13.9. The van der Waals surface area contributed by atoms with Crippen molar-refractivity contribution >= 4 is 5.91 Å². The second-order valence-corrected chi connectivity index (χ2v) is 5.93. The van der Waals surface area contributed by atoms with Crippen LogP contribution in [0.25, 0.3) is 0 Å². The van der Waals surface area contributed by atoms with Gasteiger partial charge < -0.3 is 14.6 Å². The van der Waals surface area contributed by atoms with Crippen molar-refractivity contribution < 1.29 is 9.53 Å². The lowest BCUT2D eigenvalue weighted by Gasteiger charge is -2.30. The molecule has 0 radical (unpaired) electrons. The number of carbonyl (C=O) groups excluding carboxylic acids is 1. The largest absolute Gasteiger partial charge is 0.378 e. The normalized spacial score (nSPS) is 27.9. The Morgan fingerprint density at radius 1 is 1.40 bits per heavy atom. The van der Waals surface area contributed by atoms with Gasteiger partial charge >= 0.3 is 0 Å². The average molecular weight is 277 g/mol. The summed E-state index contributed by atoms with van der Waals surface area (Å²) in [4.78, 5) is 20.0. The summed E-state index contributed by atoms with van der Waals surface area (Å²) in [6, 6.07) is 2.10. The molecule has 20 heavy (non-hydrogen) atoms. The molecule has 0 spiro atoms. The third-order valence-corrected chi connectivity index (χ3v) is 4.40. The van der Waals surface area contributed by atoms with E-state index in [4.69, 9.17) is 4.74 Å². The van der Waals surface area contributed by atoms with Gasteiger partial charge in [0, 0.05) is 45.1 Å². The summed E-state index contributed by atoms with van der Waals surface area (Å²) in [6.07, 6.45) is 3.98. The molecule has 1 N–H and O–H groups in total. The summed E-state index contributed by atoms with van der Waals surface area (Å²) in [5.74, 6) is 0.897. The number of nitrogens with zero attached hydrogens (tertiary/aromatic N) is 2. The molecule has 0 aromatic carbocycles. The van der Waals surface area contributed by atoms with Crippen LogP contribution < -0.4 is 0 Å². The first-order valence-corrected chi connectivity index (χ1v) is 7.44. The Kier molecular flexibility index (Phi) is 4.08. The van der Waals surface area contributed by atoms with Crippen LogP contribution in [-0.4, -0.2) is 60.1 Å². The second-order valence-electron chi connectivity index (χ2n) is 5.93. The molecule has 5 nitrogen and oxygen atoms in total. The highest BCUT2D eigenvalue weighted by molar-refractivity contribution is 5.79. The van der Waals surface area contributed by atoms with Gasteiger partial charge in [-0.25, -0.2) is 0 Å². The van der Waals surface area contributed by atoms with Gasteiger partial charge in [0.1, 0.15) is 0 Å². The molecular weight excluding hydrogens is 254 g/mol. The molecule has 2 saturated heterocycles. The maximum Gasteiger partial charge on any atom is 0.227 e. The third kappa shape index (κ3) is 2.88. The first kappa shape index (κ1) is 13.6. The molecule has 1 amide bonds. The molecule has 2 atom stereocenters. The summed E-state index contributed by atoms with van der Waals surface area (Å²) in [6.45, 7) is 7.87. The van der Waals surface area contributed by atoms with Gasteiger partial charge in [-0.15, -0.1) is 0 Å². The van der Waals surface area contributed by atoms with Crippen molar-refractivity contribution in [3.63, 3.8) is 0 Å². The lowest BCUT2D eigenvalue weighted by Crippen LogP contribution is -2.45. The second kappa shape index (κ2) is 5.97. The standard InChI is InChI=1S/C15H23N3O2/c1-12-9-17(10-13-2-3-16-8-13)11-14(12)15(19)18-4-6-20-7-5-18/h2-3,8,12,14,16H,4-7,9-11H2,1H3/t12-,14-/m1/s1. The molecule has 5 heteroatoms. The summed E-state index contributed by atoms with van der Waals surface area (Å²) >= 11 is 0. The first-order valence-electron chi connectivity index (χ1n) is 7.44. The molecule has 3 rings (SSSR count). The predicted molar refractivity (Wildman–Crippen MR) is 76.1 cm³/mol. The van der Waals surface area contributed by atoms with Crippen molar-refractivity contribution in [2.75, 3.05) is 39.4 Å². The number of nitrogens with one attached hydrogen (secondary N) is 1. The number of H-pyrrole nitrogens is 1. The van der Waals surface area contributed by atoms with Crippen LogP contribution in [0.1, 0.15) is 12.5 Å². The number of likely N-dealkylation sites (tertiary alicyclic amines) is 1. The summed E-state index contributed by atoms with van der Waals surface area (Å²) in [5.41, 5.74) is 1.29. The Hall–Kier alpha value is -1.33. The van der Waals surface area contributed by atoms with Gasteiger partial charge in [-0.05, 0) is 17.5 Å². The van der Waals surface area contributed by atoms with Gasteiger partial charge in [0.05, 0.1) is 19.1 Å². The number of morpholine rings is 1. The van der Waals surface area contributed by atoms with E-state index >= 15 is 0 Å². The Morgan fingerprint density at radius 2 is 2.20 bits per heavy atom. The Labute approximate surface area is 119 Å². The number of amides is 1. The van der Waals surface area contributed by atoms with E-state index in [2.05, 4.69) is 22.9 Å². The van der Waals surface area contributed by atoms with Crippen molar-refractivity contribution in [2.24, 2.45) is 11.8 Å². The number of aromatic nitrogens is 1. The third-order valence-electron chi connectivity index (χ3n) is 4.40.